The molecule has 1 N–H and O–H groups in total. The lowest BCUT2D eigenvalue weighted by molar-refractivity contribution is 0.178. The highest BCUT2D eigenvalue weighted by Gasteiger charge is 2.09. The second kappa shape index (κ2) is 4.67. The van der Waals surface area contributed by atoms with E-state index in [0.717, 1.165) is 22.1 Å². The lowest BCUT2D eigenvalue weighted by atomic mass is 10.0. The molecule has 18 heavy (non-hydrogen) atoms. The Morgan fingerprint density at radius 1 is 1.00 bits per heavy atom. The molecule has 0 saturated carbocycles. The lowest BCUT2D eigenvalue weighted by Gasteiger charge is -2.11. The molecule has 2 nitrogen and oxygen atoms in total. The van der Waals surface area contributed by atoms with Gasteiger partial charge in [0, 0.05) is 11.8 Å². The number of hydrogen-bond donors (Lipinski definition) is 1. The Kier molecular flexibility index (Phi) is 2.87. The minimum absolute atomic E-state index is 0.480. The van der Waals surface area contributed by atoms with Crippen LogP contribution in [0, 0.1) is 0 Å². The fourth-order valence-electron chi connectivity index (χ4n) is 2.15. The van der Waals surface area contributed by atoms with Gasteiger partial charge in [0.15, 0.2) is 0 Å². The first-order valence-electron chi connectivity index (χ1n) is 6.02. The van der Waals surface area contributed by atoms with Crippen LogP contribution < -0.4 is 0 Å². The van der Waals surface area contributed by atoms with Crippen LogP contribution in [0.5, 0.6) is 0 Å². The molecule has 0 bridgehead atoms. The molecule has 1 aromatic heterocycles. The van der Waals surface area contributed by atoms with Crippen LogP contribution in [-0.4, -0.2) is 5.11 Å². The van der Waals surface area contributed by atoms with Crippen molar-refractivity contribution in [3.8, 4) is 0 Å². The molecule has 0 radical (unpaired) electrons. The van der Waals surface area contributed by atoms with Gasteiger partial charge in [-0.1, -0.05) is 36.4 Å². The molecule has 1 unspecified atom stereocenters. The first kappa shape index (κ1) is 11.1. The summed E-state index contributed by atoms with van der Waals surface area (Å²) in [7, 11) is 0. The topological polar surface area (TPSA) is 33.4 Å². The highest BCUT2D eigenvalue weighted by molar-refractivity contribution is 5.77. The Morgan fingerprint density at radius 2 is 1.83 bits per heavy atom. The predicted octanol–water partition coefficient (Wildman–Crippen LogP) is 3.71. The van der Waals surface area contributed by atoms with Crippen LogP contribution in [0.3, 0.4) is 0 Å². The summed E-state index contributed by atoms with van der Waals surface area (Å²) < 4.78 is 5.29. The van der Waals surface area contributed by atoms with Crippen molar-refractivity contribution in [2.75, 3.05) is 0 Å². The summed E-state index contributed by atoms with van der Waals surface area (Å²) in [6.07, 6.45) is 1.81. The molecular formula is C16H14O2. The minimum Gasteiger partial charge on any atom is -0.464 e. The van der Waals surface area contributed by atoms with E-state index in [9.17, 15) is 5.11 Å². The van der Waals surface area contributed by atoms with Crippen LogP contribution in [0.4, 0.5) is 0 Å². The molecule has 1 heterocycles. The molecule has 3 rings (SSSR count). The van der Waals surface area contributed by atoms with Gasteiger partial charge in [-0.05, 0) is 29.3 Å². The van der Waals surface area contributed by atoms with Gasteiger partial charge in [0.1, 0.15) is 5.58 Å². The Labute approximate surface area is 105 Å². The summed E-state index contributed by atoms with van der Waals surface area (Å²) in [6.45, 7) is 0. The van der Waals surface area contributed by atoms with Crippen LogP contribution in [0.15, 0.2) is 65.3 Å². The van der Waals surface area contributed by atoms with Crippen molar-refractivity contribution >= 4 is 11.0 Å². The number of rotatable bonds is 3. The number of hydrogen-bond acceptors (Lipinski definition) is 2. The third kappa shape index (κ3) is 2.15. The summed E-state index contributed by atoms with van der Waals surface area (Å²) in [6, 6.07) is 17.7. The van der Waals surface area contributed by atoms with Crippen LogP contribution >= 0.6 is 0 Å². The first-order chi connectivity index (χ1) is 8.83. The van der Waals surface area contributed by atoms with Crippen molar-refractivity contribution in [3.63, 3.8) is 0 Å². The van der Waals surface area contributed by atoms with Gasteiger partial charge < -0.3 is 9.52 Å². The van der Waals surface area contributed by atoms with Gasteiger partial charge in [0.2, 0.25) is 0 Å². The van der Waals surface area contributed by atoms with Gasteiger partial charge in [0.25, 0.3) is 0 Å². The molecule has 0 amide bonds. The van der Waals surface area contributed by atoms with Crippen molar-refractivity contribution in [3.05, 3.63) is 72.0 Å². The van der Waals surface area contributed by atoms with Crippen LogP contribution in [0.25, 0.3) is 11.0 Å². The van der Waals surface area contributed by atoms with E-state index < -0.39 is 6.10 Å². The number of benzene rings is 2. The molecule has 3 aromatic rings. The van der Waals surface area contributed by atoms with E-state index >= 15 is 0 Å². The number of aliphatic hydroxyl groups is 1. The van der Waals surface area contributed by atoms with E-state index in [1.54, 1.807) is 6.26 Å². The highest BCUT2D eigenvalue weighted by atomic mass is 16.3. The predicted molar refractivity (Wildman–Crippen MR) is 71.3 cm³/mol. The summed E-state index contributed by atoms with van der Waals surface area (Å²) in [5.41, 5.74) is 2.91. The molecule has 2 heteroatoms. The second-order valence-electron chi connectivity index (χ2n) is 4.42. The van der Waals surface area contributed by atoms with Gasteiger partial charge in [-0.25, -0.2) is 0 Å². The van der Waals surface area contributed by atoms with Gasteiger partial charge in [-0.3, -0.25) is 0 Å². The molecule has 0 aliphatic carbocycles. The number of furan rings is 1. The maximum atomic E-state index is 10.2. The Hall–Kier alpha value is -2.06. The smallest absolute Gasteiger partial charge is 0.133 e. The van der Waals surface area contributed by atoms with Crippen molar-refractivity contribution in [2.45, 2.75) is 12.5 Å². The molecule has 0 aliphatic rings. The Bertz CT molecular complexity index is 640. The molecule has 0 saturated heterocycles. The second-order valence-corrected chi connectivity index (χ2v) is 4.42. The fourth-order valence-corrected chi connectivity index (χ4v) is 2.15. The van der Waals surface area contributed by atoms with Gasteiger partial charge in [0.05, 0.1) is 12.4 Å². The van der Waals surface area contributed by atoms with E-state index in [2.05, 4.69) is 0 Å². The van der Waals surface area contributed by atoms with Crippen LogP contribution in [0.1, 0.15) is 17.2 Å². The normalized spacial score (nSPS) is 12.7. The van der Waals surface area contributed by atoms with Crippen molar-refractivity contribution in [2.24, 2.45) is 0 Å². The Balaban J connectivity index is 1.85. The fraction of sp³-hybridized carbons (Fsp3) is 0.125. The molecular weight excluding hydrogens is 224 g/mol. The molecule has 2 aromatic carbocycles. The van der Waals surface area contributed by atoms with E-state index in [4.69, 9.17) is 4.42 Å². The third-order valence-electron chi connectivity index (χ3n) is 3.13. The van der Waals surface area contributed by atoms with Crippen molar-refractivity contribution in [1.82, 2.24) is 0 Å². The third-order valence-corrected chi connectivity index (χ3v) is 3.13. The van der Waals surface area contributed by atoms with Crippen molar-refractivity contribution < 1.29 is 9.52 Å². The number of aliphatic hydroxyl groups excluding tert-OH is 1. The molecule has 0 aliphatic heterocycles. The first-order valence-corrected chi connectivity index (χ1v) is 6.02. The SMILES string of the molecule is OC(Cc1ccccc1)c1ccc2occc2c1. The Morgan fingerprint density at radius 3 is 2.67 bits per heavy atom. The van der Waals surface area contributed by atoms with Gasteiger partial charge in [-0.2, -0.15) is 0 Å². The lowest BCUT2D eigenvalue weighted by Crippen LogP contribution is -2.01. The molecule has 0 fully saturated rings. The molecule has 0 spiro atoms. The molecule has 1 atom stereocenters. The molecule has 90 valence electrons. The van der Waals surface area contributed by atoms with E-state index in [0.29, 0.717) is 6.42 Å². The monoisotopic (exact) mass is 238 g/mol. The summed E-state index contributed by atoms with van der Waals surface area (Å²) in [5, 5.41) is 11.3. The van der Waals surface area contributed by atoms with Gasteiger partial charge in [-0.15, -0.1) is 0 Å². The summed E-state index contributed by atoms with van der Waals surface area (Å²) in [4.78, 5) is 0. The summed E-state index contributed by atoms with van der Waals surface area (Å²) >= 11 is 0. The zero-order chi connectivity index (χ0) is 12.4. The summed E-state index contributed by atoms with van der Waals surface area (Å²) in [5.74, 6) is 0. The zero-order valence-electron chi connectivity index (χ0n) is 9.91. The average Bonchev–Trinajstić information content (AvgIpc) is 2.87. The average molecular weight is 238 g/mol. The van der Waals surface area contributed by atoms with Gasteiger partial charge >= 0.3 is 0 Å². The quantitative estimate of drug-likeness (QED) is 0.754. The van der Waals surface area contributed by atoms with Crippen molar-refractivity contribution in [1.29, 1.82) is 0 Å². The number of fused-ring (bicyclic) bond motifs is 1. The maximum absolute atomic E-state index is 10.2. The zero-order valence-corrected chi connectivity index (χ0v) is 9.91. The van der Waals surface area contributed by atoms with Crippen LogP contribution in [0.2, 0.25) is 0 Å². The highest BCUT2D eigenvalue weighted by Crippen LogP contribution is 2.23. The van der Waals surface area contributed by atoms with E-state index in [-0.39, 0.29) is 0 Å². The van der Waals surface area contributed by atoms with E-state index in [1.807, 2.05) is 54.6 Å². The standard InChI is InChI=1S/C16H14O2/c17-15(10-12-4-2-1-3-5-12)13-6-7-16-14(11-13)8-9-18-16/h1-9,11,15,17H,10H2. The largest absolute Gasteiger partial charge is 0.464 e. The van der Waals surface area contributed by atoms with Crippen LogP contribution in [-0.2, 0) is 6.42 Å². The van der Waals surface area contributed by atoms with E-state index in [1.165, 1.54) is 0 Å². The maximum Gasteiger partial charge on any atom is 0.133 e. The minimum atomic E-state index is -0.480.